The third-order valence-electron chi connectivity index (χ3n) is 3.91. The summed E-state index contributed by atoms with van der Waals surface area (Å²) in [6.07, 6.45) is 0. The minimum Gasteiger partial charge on any atom is -0.378 e. The van der Waals surface area contributed by atoms with E-state index in [2.05, 4.69) is 0 Å². The molecule has 0 aliphatic rings. The average Bonchev–Trinajstić information content (AvgIpc) is 2.52. The van der Waals surface area contributed by atoms with Gasteiger partial charge >= 0.3 is 10.1 Å². The molecule has 0 amide bonds. The summed E-state index contributed by atoms with van der Waals surface area (Å²) in [5, 5.41) is 0.760. The number of hydrogen-bond donors (Lipinski definition) is 0. The van der Waals surface area contributed by atoms with Crippen LogP contribution in [0.15, 0.2) is 59.5 Å². The molecule has 5 heteroatoms. The van der Waals surface area contributed by atoms with Gasteiger partial charge in [0.05, 0.1) is 5.39 Å². The monoisotopic (exact) mass is 328 g/mol. The number of aryl methyl sites for hydroxylation is 3. The van der Waals surface area contributed by atoms with Crippen LogP contribution in [0.4, 0.5) is 0 Å². The minimum atomic E-state index is -3.86. The molecule has 0 radical (unpaired) electrons. The van der Waals surface area contributed by atoms with Crippen LogP contribution < -0.4 is 8.75 Å². The van der Waals surface area contributed by atoms with E-state index in [-0.39, 0.29) is 4.90 Å². The second-order valence-corrected chi connectivity index (χ2v) is 7.12. The van der Waals surface area contributed by atoms with Gasteiger partial charge in [-0.05, 0) is 25.1 Å². The molecule has 0 unspecified atom stereocenters. The van der Waals surface area contributed by atoms with E-state index in [1.807, 2.05) is 49.7 Å². The Hall–Kier alpha value is -2.40. The normalized spacial score (nSPS) is 11.6. The topological polar surface area (TPSA) is 47.3 Å². The van der Waals surface area contributed by atoms with E-state index >= 15 is 0 Å². The SMILES string of the molecule is Cc1ccc(S(=O)(=O)Oc2cc(C)[n+](C)c3ccccc23)cc1. The fraction of sp³-hybridized carbons (Fsp3) is 0.167. The van der Waals surface area contributed by atoms with E-state index in [1.54, 1.807) is 30.3 Å². The van der Waals surface area contributed by atoms with Gasteiger partial charge in [0.15, 0.2) is 11.4 Å². The van der Waals surface area contributed by atoms with Gasteiger partial charge in [0.2, 0.25) is 5.52 Å². The van der Waals surface area contributed by atoms with Crippen LogP contribution in [-0.2, 0) is 17.2 Å². The zero-order chi connectivity index (χ0) is 16.6. The predicted octanol–water partition coefficient (Wildman–Crippen LogP) is 3.05. The zero-order valence-electron chi connectivity index (χ0n) is 13.3. The molecule has 0 aliphatic heterocycles. The number of rotatable bonds is 3. The van der Waals surface area contributed by atoms with Gasteiger partial charge in [-0.2, -0.15) is 13.0 Å². The van der Waals surface area contributed by atoms with Crippen molar-refractivity contribution < 1.29 is 17.2 Å². The van der Waals surface area contributed by atoms with Crippen LogP contribution in [0.3, 0.4) is 0 Å². The lowest BCUT2D eigenvalue weighted by molar-refractivity contribution is -0.651. The maximum absolute atomic E-state index is 12.5. The van der Waals surface area contributed by atoms with Gasteiger partial charge in [0.1, 0.15) is 11.9 Å². The van der Waals surface area contributed by atoms with E-state index in [0.29, 0.717) is 5.75 Å². The number of pyridine rings is 1. The number of hydrogen-bond acceptors (Lipinski definition) is 3. The predicted molar refractivity (Wildman–Crippen MR) is 88.9 cm³/mol. The summed E-state index contributed by atoms with van der Waals surface area (Å²) in [7, 11) is -1.92. The molecule has 4 nitrogen and oxygen atoms in total. The van der Waals surface area contributed by atoms with Crippen molar-refractivity contribution in [2.75, 3.05) is 0 Å². The van der Waals surface area contributed by atoms with Crippen molar-refractivity contribution in [3.05, 3.63) is 65.9 Å². The number of para-hydroxylation sites is 1. The summed E-state index contributed by atoms with van der Waals surface area (Å²) in [5.74, 6) is 0.344. The lowest BCUT2D eigenvalue weighted by Crippen LogP contribution is -2.32. The van der Waals surface area contributed by atoms with E-state index in [4.69, 9.17) is 4.18 Å². The fourth-order valence-corrected chi connectivity index (χ4v) is 3.41. The molecular weight excluding hydrogens is 310 g/mol. The Morgan fingerprint density at radius 2 is 1.61 bits per heavy atom. The molecule has 1 aromatic heterocycles. The molecule has 0 N–H and O–H groups in total. The van der Waals surface area contributed by atoms with Crippen molar-refractivity contribution >= 4 is 21.0 Å². The van der Waals surface area contributed by atoms with Crippen LogP contribution in [0.1, 0.15) is 11.3 Å². The highest BCUT2D eigenvalue weighted by Gasteiger charge is 2.21. The molecule has 0 aliphatic carbocycles. The summed E-state index contributed by atoms with van der Waals surface area (Å²) in [5.41, 5.74) is 2.83. The Labute approximate surface area is 136 Å². The molecule has 0 bridgehead atoms. The highest BCUT2D eigenvalue weighted by atomic mass is 32.2. The van der Waals surface area contributed by atoms with Crippen LogP contribution in [-0.4, -0.2) is 8.42 Å². The van der Waals surface area contributed by atoms with Crippen molar-refractivity contribution in [3.8, 4) is 5.75 Å². The number of aromatic nitrogens is 1. The summed E-state index contributed by atoms with van der Waals surface area (Å²) in [4.78, 5) is 0.151. The van der Waals surface area contributed by atoms with E-state index in [9.17, 15) is 8.42 Å². The molecule has 118 valence electrons. The zero-order valence-corrected chi connectivity index (χ0v) is 14.1. The van der Waals surface area contributed by atoms with Gasteiger partial charge in [-0.25, -0.2) is 0 Å². The van der Waals surface area contributed by atoms with Gasteiger partial charge in [-0.3, -0.25) is 0 Å². The van der Waals surface area contributed by atoms with Gasteiger partial charge in [0.25, 0.3) is 0 Å². The fourth-order valence-electron chi connectivity index (χ4n) is 2.47. The van der Waals surface area contributed by atoms with E-state index < -0.39 is 10.1 Å². The van der Waals surface area contributed by atoms with Crippen LogP contribution in [0.2, 0.25) is 0 Å². The van der Waals surface area contributed by atoms with Crippen LogP contribution >= 0.6 is 0 Å². The smallest absolute Gasteiger partial charge is 0.339 e. The molecule has 3 rings (SSSR count). The Morgan fingerprint density at radius 3 is 2.30 bits per heavy atom. The Morgan fingerprint density at radius 1 is 0.957 bits per heavy atom. The molecular formula is C18H18NO3S+. The highest BCUT2D eigenvalue weighted by molar-refractivity contribution is 7.87. The van der Waals surface area contributed by atoms with Gasteiger partial charge < -0.3 is 4.18 Å². The molecule has 0 atom stereocenters. The molecule has 2 aromatic carbocycles. The summed E-state index contributed by atoms with van der Waals surface area (Å²) in [6.45, 7) is 3.82. The third-order valence-corrected chi connectivity index (χ3v) is 5.16. The minimum absolute atomic E-state index is 0.151. The lowest BCUT2D eigenvalue weighted by Gasteiger charge is -2.10. The second-order valence-electron chi connectivity index (χ2n) is 5.58. The van der Waals surface area contributed by atoms with Crippen molar-refractivity contribution in [1.82, 2.24) is 0 Å². The average molecular weight is 328 g/mol. The van der Waals surface area contributed by atoms with Gasteiger partial charge in [-0.15, -0.1) is 0 Å². The maximum Gasteiger partial charge on any atom is 0.339 e. The first-order valence-corrected chi connectivity index (χ1v) is 8.69. The summed E-state index contributed by atoms with van der Waals surface area (Å²) < 4.78 is 32.5. The van der Waals surface area contributed by atoms with Crippen molar-refractivity contribution in [1.29, 1.82) is 0 Å². The molecule has 0 saturated carbocycles. The largest absolute Gasteiger partial charge is 0.378 e. The second kappa shape index (κ2) is 5.66. The molecule has 0 spiro atoms. The Balaban J connectivity index is 2.11. The van der Waals surface area contributed by atoms with Crippen molar-refractivity contribution in [2.45, 2.75) is 18.7 Å². The van der Waals surface area contributed by atoms with E-state index in [0.717, 1.165) is 22.2 Å². The molecule has 1 heterocycles. The standard InChI is InChI=1S/C18H18NO3S/c1-13-8-10-15(11-9-13)23(20,21)22-18-12-14(2)19(3)17-7-5-4-6-16(17)18/h4-12H,1-3H3/q+1. The van der Waals surface area contributed by atoms with Crippen LogP contribution in [0.5, 0.6) is 5.75 Å². The summed E-state index contributed by atoms with van der Waals surface area (Å²) >= 11 is 0. The molecule has 23 heavy (non-hydrogen) atoms. The molecule has 0 saturated heterocycles. The lowest BCUT2D eigenvalue weighted by atomic mass is 10.2. The van der Waals surface area contributed by atoms with Crippen LogP contribution in [0.25, 0.3) is 10.9 Å². The first-order valence-electron chi connectivity index (χ1n) is 7.28. The van der Waals surface area contributed by atoms with Gasteiger partial charge in [0, 0.05) is 19.1 Å². The maximum atomic E-state index is 12.5. The van der Waals surface area contributed by atoms with Crippen LogP contribution in [0, 0.1) is 13.8 Å². The molecule has 0 fully saturated rings. The quantitative estimate of drug-likeness (QED) is 0.548. The van der Waals surface area contributed by atoms with Crippen molar-refractivity contribution in [3.63, 3.8) is 0 Å². The summed E-state index contributed by atoms with van der Waals surface area (Å²) in [6, 6.07) is 15.9. The number of fused-ring (bicyclic) bond motifs is 1. The van der Waals surface area contributed by atoms with Gasteiger partial charge in [-0.1, -0.05) is 29.8 Å². The Bertz CT molecular complexity index is 977. The number of benzene rings is 2. The Kier molecular flexibility index (Phi) is 3.82. The molecule has 3 aromatic rings. The first kappa shape index (κ1) is 15.5. The van der Waals surface area contributed by atoms with Crippen molar-refractivity contribution in [2.24, 2.45) is 7.05 Å². The number of nitrogens with zero attached hydrogens (tertiary/aromatic N) is 1. The highest BCUT2D eigenvalue weighted by Crippen LogP contribution is 2.27. The van der Waals surface area contributed by atoms with E-state index in [1.165, 1.54) is 0 Å². The first-order chi connectivity index (χ1) is 10.9. The third kappa shape index (κ3) is 2.92.